The second-order valence-electron chi connectivity index (χ2n) is 7.18. The highest BCUT2D eigenvalue weighted by Gasteiger charge is 2.26. The van der Waals surface area contributed by atoms with E-state index in [0.717, 1.165) is 12.8 Å². The molecule has 4 rings (SSSR count). The molecule has 3 aromatic rings. The number of aromatic nitrogens is 4. The third-order valence-corrected chi connectivity index (χ3v) is 5.51. The normalized spacial score (nSPS) is 15.6. The summed E-state index contributed by atoms with van der Waals surface area (Å²) in [7, 11) is 1.45. The molecule has 1 amide bonds. The third-order valence-electron chi connectivity index (χ3n) is 5.19. The largest absolute Gasteiger partial charge is 0.496 e. The van der Waals surface area contributed by atoms with Crippen LogP contribution in [0.25, 0.3) is 11.4 Å². The first-order valence-corrected chi connectivity index (χ1v) is 10.2. The smallest absolute Gasteiger partial charge is 0.255 e. The zero-order valence-corrected chi connectivity index (χ0v) is 17.6. The number of nitrogens with two attached hydrogens (primary N) is 1. The van der Waals surface area contributed by atoms with Crippen LogP contribution in [0, 0.1) is 0 Å². The standard InChI is InChI=1S/C21H21ClN6O3/c1-31-18-9-14(23)13(22)8-12(18)21(30)27-16-4-2-3-7-28-19(29)10-17(26-20(16)28)15-5-6-24-11-25-15/h5-6,8-11,16H,2-4,7,23H2,1H3,(H,27,30). The summed E-state index contributed by atoms with van der Waals surface area (Å²) >= 11 is 6.12. The fraction of sp³-hybridized carbons (Fsp3) is 0.286. The molecule has 3 N–H and O–H groups in total. The lowest BCUT2D eigenvalue weighted by molar-refractivity contribution is 0.0929. The number of carbonyl (C=O) groups excluding carboxylic acids is 1. The minimum absolute atomic E-state index is 0.187. The summed E-state index contributed by atoms with van der Waals surface area (Å²) < 4.78 is 6.90. The molecule has 10 heteroatoms. The molecule has 1 unspecified atom stereocenters. The summed E-state index contributed by atoms with van der Waals surface area (Å²) in [6.07, 6.45) is 5.26. The van der Waals surface area contributed by atoms with E-state index in [4.69, 9.17) is 22.1 Å². The summed E-state index contributed by atoms with van der Waals surface area (Å²) in [6, 6.07) is 5.65. The van der Waals surface area contributed by atoms with Gasteiger partial charge in [-0.05, 0) is 31.4 Å². The molecule has 1 aliphatic heterocycles. The van der Waals surface area contributed by atoms with Crippen LogP contribution in [0.4, 0.5) is 5.69 Å². The molecule has 0 bridgehead atoms. The van der Waals surface area contributed by atoms with Crippen LogP contribution in [0.2, 0.25) is 5.02 Å². The van der Waals surface area contributed by atoms with Crippen LogP contribution >= 0.6 is 11.6 Å². The Bertz CT molecular complexity index is 1180. The Morgan fingerprint density at radius 2 is 2.13 bits per heavy atom. The molecule has 160 valence electrons. The van der Waals surface area contributed by atoms with Gasteiger partial charge in [0.1, 0.15) is 17.9 Å². The number of hydrogen-bond acceptors (Lipinski definition) is 7. The molecule has 0 saturated heterocycles. The molecular formula is C21H21ClN6O3. The average molecular weight is 441 g/mol. The van der Waals surface area contributed by atoms with Crippen molar-refractivity contribution < 1.29 is 9.53 Å². The molecule has 0 fully saturated rings. The van der Waals surface area contributed by atoms with E-state index in [1.807, 2.05) is 0 Å². The van der Waals surface area contributed by atoms with Crippen molar-refractivity contribution in [2.75, 3.05) is 12.8 Å². The first-order chi connectivity index (χ1) is 15.0. The summed E-state index contributed by atoms with van der Waals surface area (Å²) in [4.78, 5) is 38.7. The maximum absolute atomic E-state index is 13.1. The van der Waals surface area contributed by atoms with Crippen LogP contribution in [0.5, 0.6) is 5.75 Å². The monoisotopic (exact) mass is 440 g/mol. The highest BCUT2D eigenvalue weighted by Crippen LogP contribution is 2.30. The molecule has 2 aromatic heterocycles. The van der Waals surface area contributed by atoms with Crippen molar-refractivity contribution in [3.63, 3.8) is 0 Å². The second kappa shape index (κ2) is 8.73. The lowest BCUT2D eigenvalue weighted by Gasteiger charge is -2.20. The van der Waals surface area contributed by atoms with E-state index in [1.54, 1.807) is 16.8 Å². The SMILES string of the molecule is COc1cc(N)c(Cl)cc1C(=O)NC1CCCCn2c1nc(-c1ccncn1)cc2=O. The van der Waals surface area contributed by atoms with Crippen molar-refractivity contribution in [3.8, 4) is 17.1 Å². The summed E-state index contributed by atoms with van der Waals surface area (Å²) in [5.41, 5.74) is 7.18. The molecule has 31 heavy (non-hydrogen) atoms. The predicted octanol–water partition coefficient (Wildman–Crippen LogP) is 2.60. The lowest BCUT2D eigenvalue weighted by atomic mass is 10.1. The number of nitrogens with one attached hydrogen (secondary N) is 1. The summed E-state index contributed by atoms with van der Waals surface area (Å²) in [5, 5.41) is 3.24. The summed E-state index contributed by atoms with van der Waals surface area (Å²) in [6.45, 7) is 0.536. The number of benzene rings is 1. The minimum atomic E-state index is -0.467. The van der Waals surface area contributed by atoms with E-state index in [2.05, 4.69) is 20.3 Å². The van der Waals surface area contributed by atoms with Gasteiger partial charge in [-0.2, -0.15) is 0 Å². The number of rotatable bonds is 4. The molecule has 1 aliphatic rings. The van der Waals surface area contributed by atoms with Gasteiger partial charge in [-0.1, -0.05) is 11.6 Å². The van der Waals surface area contributed by atoms with Crippen molar-refractivity contribution >= 4 is 23.2 Å². The van der Waals surface area contributed by atoms with E-state index in [-0.39, 0.29) is 22.1 Å². The number of ether oxygens (including phenoxy) is 1. The van der Waals surface area contributed by atoms with Gasteiger partial charge in [0.2, 0.25) is 0 Å². The van der Waals surface area contributed by atoms with Gasteiger partial charge in [-0.15, -0.1) is 0 Å². The quantitative estimate of drug-likeness (QED) is 0.597. The van der Waals surface area contributed by atoms with Gasteiger partial charge in [0, 0.05) is 24.9 Å². The number of anilines is 1. The third kappa shape index (κ3) is 4.22. The Hall–Kier alpha value is -3.46. The fourth-order valence-electron chi connectivity index (χ4n) is 3.62. The number of fused-ring (bicyclic) bond motifs is 1. The number of carbonyl (C=O) groups is 1. The van der Waals surface area contributed by atoms with Crippen LogP contribution in [0.3, 0.4) is 0 Å². The number of halogens is 1. The zero-order valence-electron chi connectivity index (χ0n) is 16.8. The Labute approximate surface area is 183 Å². The Kier molecular flexibility index (Phi) is 5.85. The second-order valence-corrected chi connectivity index (χ2v) is 7.59. The van der Waals surface area contributed by atoms with Gasteiger partial charge in [-0.25, -0.2) is 15.0 Å². The van der Waals surface area contributed by atoms with Crippen molar-refractivity contribution in [3.05, 3.63) is 63.6 Å². The van der Waals surface area contributed by atoms with Gasteiger partial charge in [-0.3, -0.25) is 14.2 Å². The molecule has 9 nitrogen and oxygen atoms in total. The minimum Gasteiger partial charge on any atom is -0.496 e. The number of nitrogen functional groups attached to an aromatic ring is 1. The maximum Gasteiger partial charge on any atom is 0.255 e. The first-order valence-electron chi connectivity index (χ1n) is 9.80. The van der Waals surface area contributed by atoms with Crippen LogP contribution in [0.15, 0.2) is 41.6 Å². The fourth-order valence-corrected chi connectivity index (χ4v) is 3.79. The topological polar surface area (TPSA) is 125 Å². The van der Waals surface area contributed by atoms with Gasteiger partial charge in [0.15, 0.2) is 0 Å². The van der Waals surface area contributed by atoms with E-state index < -0.39 is 6.04 Å². The van der Waals surface area contributed by atoms with Crippen LogP contribution < -0.4 is 21.3 Å². The molecule has 0 aliphatic carbocycles. The molecule has 3 heterocycles. The zero-order chi connectivity index (χ0) is 22.0. The van der Waals surface area contributed by atoms with Gasteiger partial charge >= 0.3 is 0 Å². The Morgan fingerprint density at radius 3 is 2.87 bits per heavy atom. The number of hydrogen-bond donors (Lipinski definition) is 2. The van der Waals surface area contributed by atoms with E-state index in [0.29, 0.717) is 41.6 Å². The Morgan fingerprint density at radius 1 is 1.29 bits per heavy atom. The average Bonchev–Trinajstić information content (AvgIpc) is 2.98. The molecule has 1 aromatic carbocycles. The first kappa shape index (κ1) is 20.8. The number of methoxy groups -OCH3 is 1. The Balaban J connectivity index is 1.73. The summed E-state index contributed by atoms with van der Waals surface area (Å²) in [5.74, 6) is 0.416. The van der Waals surface area contributed by atoms with Gasteiger partial charge in [0.05, 0.1) is 40.8 Å². The van der Waals surface area contributed by atoms with E-state index in [9.17, 15) is 9.59 Å². The maximum atomic E-state index is 13.1. The molecule has 1 atom stereocenters. The van der Waals surface area contributed by atoms with Crippen molar-refractivity contribution in [2.24, 2.45) is 0 Å². The van der Waals surface area contributed by atoms with Crippen molar-refractivity contribution in [2.45, 2.75) is 31.8 Å². The lowest BCUT2D eigenvalue weighted by Crippen LogP contribution is -2.34. The number of amides is 1. The highest BCUT2D eigenvalue weighted by molar-refractivity contribution is 6.33. The van der Waals surface area contributed by atoms with E-state index >= 15 is 0 Å². The molecule has 0 saturated carbocycles. The molecule has 0 radical (unpaired) electrons. The number of nitrogens with zero attached hydrogens (tertiary/aromatic N) is 4. The van der Waals surface area contributed by atoms with Gasteiger partial charge in [0.25, 0.3) is 11.5 Å². The van der Waals surface area contributed by atoms with Gasteiger partial charge < -0.3 is 15.8 Å². The van der Waals surface area contributed by atoms with Crippen molar-refractivity contribution in [1.29, 1.82) is 0 Å². The van der Waals surface area contributed by atoms with Crippen LogP contribution in [-0.2, 0) is 6.54 Å². The highest BCUT2D eigenvalue weighted by atomic mass is 35.5. The molecule has 0 spiro atoms. The van der Waals surface area contributed by atoms with Crippen LogP contribution in [-0.4, -0.2) is 32.5 Å². The van der Waals surface area contributed by atoms with Crippen molar-refractivity contribution in [1.82, 2.24) is 24.8 Å². The van der Waals surface area contributed by atoms with Crippen LogP contribution in [0.1, 0.15) is 41.5 Å². The van der Waals surface area contributed by atoms with E-state index in [1.165, 1.54) is 31.6 Å². The molecular weight excluding hydrogens is 420 g/mol. The predicted molar refractivity (Wildman–Crippen MR) is 116 cm³/mol.